The predicted octanol–water partition coefficient (Wildman–Crippen LogP) is 0.699. The Kier molecular flexibility index (Phi) is 5.11. The second-order valence-corrected chi connectivity index (χ2v) is 4.68. The van der Waals surface area contributed by atoms with Gasteiger partial charge in [-0.3, -0.25) is 4.79 Å². The molecule has 1 fully saturated rings. The highest BCUT2D eigenvalue weighted by Gasteiger charge is 2.17. The number of nitrogens with one attached hydrogen (secondary N) is 2. The van der Waals surface area contributed by atoms with Crippen LogP contribution in [0.25, 0.3) is 0 Å². The molecule has 1 aromatic heterocycles. The van der Waals surface area contributed by atoms with Crippen molar-refractivity contribution in [2.75, 3.05) is 44.4 Å². The number of rotatable bonds is 6. The number of hydrogen-bond acceptors (Lipinski definition) is 6. The molecule has 0 spiro atoms. The highest BCUT2D eigenvalue weighted by atomic mass is 16.5. The molecule has 2 rings (SSSR count). The molecular weight excluding hydrogens is 258 g/mol. The van der Waals surface area contributed by atoms with Crippen LogP contribution >= 0.6 is 0 Å². The zero-order valence-electron chi connectivity index (χ0n) is 12.0. The maximum absolute atomic E-state index is 12.0. The van der Waals surface area contributed by atoms with Gasteiger partial charge in [-0.15, -0.1) is 0 Å². The fourth-order valence-corrected chi connectivity index (χ4v) is 2.15. The number of anilines is 2. The summed E-state index contributed by atoms with van der Waals surface area (Å²) in [6.07, 6.45) is 2.20. The Morgan fingerprint density at radius 3 is 2.70 bits per heavy atom. The zero-order chi connectivity index (χ0) is 14.4. The quantitative estimate of drug-likeness (QED) is 0.798. The van der Waals surface area contributed by atoms with Crippen molar-refractivity contribution in [1.82, 2.24) is 14.9 Å². The molecule has 20 heavy (non-hydrogen) atoms. The molecular formula is C13H21N5O2. The largest absolute Gasteiger partial charge is 0.377 e. The highest BCUT2D eigenvalue weighted by Crippen LogP contribution is 2.12. The summed E-state index contributed by atoms with van der Waals surface area (Å²) in [7, 11) is 3.39. The molecule has 110 valence electrons. The summed E-state index contributed by atoms with van der Waals surface area (Å²) in [6, 6.07) is 1.77. The topological polar surface area (TPSA) is 79.4 Å². The minimum atomic E-state index is 0.111. The molecule has 0 saturated carbocycles. The zero-order valence-corrected chi connectivity index (χ0v) is 12.0. The second-order valence-electron chi connectivity index (χ2n) is 4.68. The number of amides is 1. The Hall–Kier alpha value is -1.89. The molecule has 0 bridgehead atoms. The van der Waals surface area contributed by atoms with E-state index in [1.165, 1.54) is 0 Å². The SMILES string of the molecule is CNc1cc(NCC(=O)N2CCCC2)nc(COC)n1. The van der Waals surface area contributed by atoms with Gasteiger partial charge < -0.3 is 20.3 Å². The molecule has 1 amide bonds. The molecule has 0 atom stereocenters. The number of aromatic nitrogens is 2. The predicted molar refractivity (Wildman–Crippen MR) is 76.6 cm³/mol. The van der Waals surface area contributed by atoms with E-state index < -0.39 is 0 Å². The first kappa shape index (κ1) is 14.5. The van der Waals surface area contributed by atoms with E-state index in [2.05, 4.69) is 20.6 Å². The Morgan fingerprint density at radius 1 is 1.35 bits per heavy atom. The molecule has 1 aliphatic rings. The van der Waals surface area contributed by atoms with Crippen molar-refractivity contribution in [1.29, 1.82) is 0 Å². The van der Waals surface area contributed by atoms with Gasteiger partial charge in [0.15, 0.2) is 5.82 Å². The summed E-state index contributed by atoms with van der Waals surface area (Å²) in [5.41, 5.74) is 0. The fraction of sp³-hybridized carbons (Fsp3) is 0.615. The molecule has 7 nitrogen and oxygen atoms in total. The number of hydrogen-bond donors (Lipinski definition) is 2. The summed E-state index contributed by atoms with van der Waals surface area (Å²) in [4.78, 5) is 22.4. The summed E-state index contributed by atoms with van der Waals surface area (Å²) >= 11 is 0. The summed E-state index contributed by atoms with van der Waals surface area (Å²) < 4.78 is 5.03. The van der Waals surface area contributed by atoms with Crippen LogP contribution in [0.2, 0.25) is 0 Å². The number of likely N-dealkylation sites (tertiary alicyclic amines) is 1. The van der Waals surface area contributed by atoms with Gasteiger partial charge in [-0.2, -0.15) is 0 Å². The third-order valence-electron chi connectivity index (χ3n) is 3.18. The van der Waals surface area contributed by atoms with Gasteiger partial charge in [0.05, 0.1) is 6.54 Å². The molecule has 0 unspecified atom stereocenters. The van der Waals surface area contributed by atoms with E-state index in [1.54, 1.807) is 20.2 Å². The van der Waals surface area contributed by atoms with E-state index in [0.29, 0.717) is 24.1 Å². The molecule has 0 radical (unpaired) electrons. The van der Waals surface area contributed by atoms with Gasteiger partial charge in [0, 0.05) is 33.3 Å². The Morgan fingerprint density at radius 2 is 2.05 bits per heavy atom. The maximum atomic E-state index is 12.0. The molecule has 1 aromatic rings. The molecule has 1 saturated heterocycles. The monoisotopic (exact) mass is 279 g/mol. The third-order valence-corrected chi connectivity index (χ3v) is 3.18. The number of carbonyl (C=O) groups is 1. The smallest absolute Gasteiger partial charge is 0.241 e. The minimum absolute atomic E-state index is 0.111. The average Bonchev–Trinajstić information content (AvgIpc) is 2.99. The van der Waals surface area contributed by atoms with Crippen LogP contribution in [0, 0.1) is 0 Å². The highest BCUT2D eigenvalue weighted by molar-refractivity contribution is 5.80. The van der Waals surface area contributed by atoms with Gasteiger partial charge in [0.25, 0.3) is 0 Å². The number of carbonyl (C=O) groups excluding carboxylic acids is 1. The molecule has 2 heterocycles. The second kappa shape index (κ2) is 7.04. The van der Waals surface area contributed by atoms with Crippen LogP contribution in [0.5, 0.6) is 0 Å². The van der Waals surface area contributed by atoms with Crippen molar-refractivity contribution in [3.05, 3.63) is 11.9 Å². The van der Waals surface area contributed by atoms with E-state index in [0.717, 1.165) is 25.9 Å². The van der Waals surface area contributed by atoms with Gasteiger partial charge in [-0.05, 0) is 12.8 Å². The first-order valence-corrected chi connectivity index (χ1v) is 6.79. The van der Waals surface area contributed by atoms with Gasteiger partial charge in [0.2, 0.25) is 5.91 Å². The summed E-state index contributed by atoms with van der Waals surface area (Å²) in [5.74, 6) is 2.02. The lowest BCUT2D eigenvalue weighted by Gasteiger charge is -2.16. The molecule has 0 aromatic carbocycles. The van der Waals surface area contributed by atoms with Gasteiger partial charge in [0.1, 0.15) is 18.2 Å². The van der Waals surface area contributed by atoms with Gasteiger partial charge in [-0.25, -0.2) is 9.97 Å². The number of nitrogens with zero attached hydrogens (tertiary/aromatic N) is 3. The van der Waals surface area contributed by atoms with Gasteiger partial charge >= 0.3 is 0 Å². The number of methoxy groups -OCH3 is 1. The Labute approximate surface area is 118 Å². The van der Waals surface area contributed by atoms with Crippen molar-refractivity contribution in [3.63, 3.8) is 0 Å². The normalized spacial score (nSPS) is 14.4. The summed E-state index contributed by atoms with van der Waals surface area (Å²) in [5, 5.41) is 6.02. The molecule has 0 aliphatic carbocycles. The van der Waals surface area contributed by atoms with Crippen LogP contribution in [0.4, 0.5) is 11.6 Å². The van der Waals surface area contributed by atoms with Crippen LogP contribution in [0.15, 0.2) is 6.07 Å². The molecule has 7 heteroatoms. The number of ether oxygens (including phenoxy) is 1. The lowest BCUT2D eigenvalue weighted by atomic mass is 10.4. The average molecular weight is 279 g/mol. The van der Waals surface area contributed by atoms with Crippen LogP contribution in [0.3, 0.4) is 0 Å². The van der Waals surface area contributed by atoms with E-state index in [1.807, 2.05) is 4.90 Å². The lowest BCUT2D eigenvalue weighted by Crippen LogP contribution is -2.33. The van der Waals surface area contributed by atoms with Crippen molar-refractivity contribution < 1.29 is 9.53 Å². The van der Waals surface area contributed by atoms with E-state index in [4.69, 9.17) is 4.74 Å². The van der Waals surface area contributed by atoms with Crippen LogP contribution in [-0.4, -0.2) is 54.6 Å². The first-order valence-electron chi connectivity index (χ1n) is 6.79. The van der Waals surface area contributed by atoms with E-state index >= 15 is 0 Å². The summed E-state index contributed by atoms with van der Waals surface area (Å²) in [6.45, 7) is 2.32. The van der Waals surface area contributed by atoms with Crippen LogP contribution in [0.1, 0.15) is 18.7 Å². The van der Waals surface area contributed by atoms with E-state index in [9.17, 15) is 4.79 Å². The van der Waals surface area contributed by atoms with Crippen molar-refractivity contribution in [3.8, 4) is 0 Å². The first-order chi connectivity index (χ1) is 9.72. The van der Waals surface area contributed by atoms with Crippen molar-refractivity contribution >= 4 is 17.5 Å². The Bertz CT molecular complexity index is 460. The van der Waals surface area contributed by atoms with Crippen LogP contribution < -0.4 is 10.6 Å². The van der Waals surface area contributed by atoms with Crippen LogP contribution in [-0.2, 0) is 16.1 Å². The molecule has 2 N–H and O–H groups in total. The maximum Gasteiger partial charge on any atom is 0.241 e. The minimum Gasteiger partial charge on any atom is -0.377 e. The standard InChI is InChI=1S/C13H21N5O2/c1-14-10-7-11(17-12(16-10)9-20-2)15-8-13(19)18-5-3-4-6-18/h7H,3-6,8-9H2,1-2H3,(H2,14,15,16,17). The van der Waals surface area contributed by atoms with Crippen molar-refractivity contribution in [2.24, 2.45) is 0 Å². The Balaban J connectivity index is 1.97. The van der Waals surface area contributed by atoms with E-state index in [-0.39, 0.29) is 12.5 Å². The lowest BCUT2D eigenvalue weighted by molar-refractivity contribution is -0.128. The van der Waals surface area contributed by atoms with Gasteiger partial charge in [-0.1, -0.05) is 0 Å². The molecule has 1 aliphatic heterocycles. The van der Waals surface area contributed by atoms with Crippen molar-refractivity contribution in [2.45, 2.75) is 19.4 Å². The fourth-order valence-electron chi connectivity index (χ4n) is 2.15. The third kappa shape index (κ3) is 3.80.